The lowest BCUT2D eigenvalue weighted by Crippen LogP contribution is -2.41. The molecule has 0 atom stereocenters. The van der Waals surface area contributed by atoms with Crippen LogP contribution in [0.2, 0.25) is 0 Å². The van der Waals surface area contributed by atoms with Crippen LogP contribution in [0.1, 0.15) is 37.8 Å². The maximum absolute atomic E-state index is 11.9. The molecule has 0 unspecified atom stereocenters. The van der Waals surface area contributed by atoms with E-state index in [9.17, 15) is 9.90 Å². The van der Waals surface area contributed by atoms with Crippen LogP contribution in [0.15, 0.2) is 18.2 Å². The summed E-state index contributed by atoms with van der Waals surface area (Å²) in [6, 6.07) is 5.89. The van der Waals surface area contributed by atoms with E-state index in [1.165, 1.54) is 0 Å². The average Bonchev–Trinajstić information content (AvgIpc) is 2.46. The molecule has 1 aromatic carbocycles. The molecule has 0 bridgehead atoms. The summed E-state index contributed by atoms with van der Waals surface area (Å²) < 4.78 is 5.52. The second kappa shape index (κ2) is 8.03. The monoisotopic (exact) mass is 293 g/mol. The number of carbonyl (C=O) groups excluding carboxylic acids is 1. The molecule has 1 aromatic rings. The Labute approximate surface area is 127 Å². The fourth-order valence-corrected chi connectivity index (χ4v) is 2.28. The molecule has 0 aliphatic carbocycles. The van der Waals surface area contributed by atoms with Gasteiger partial charge in [0, 0.05) is 12.0 Å². The van der Waals surface area contributed by atoms with E-state index >= 15 is 0 Å². The summed E-state index contributed by atoms with van der Waals surface area (Å²) in [7, 11) is 0. The molecule has 0 saturated carbocycles. The molecule has 2 N–H and O–H groups in total. The number of amides is 1. The van der Waals surface area contributed by atoms with Gasteiger partial charge >= 0.3 is 0 Å². The van der Waals surface area contributed by atoms with Gasteiger partial charge in [-0.25, -0.2) is 0 Å². The van der Waals surface area contributed by atoms with Gasteiger partial charge in [-0.3, -0.25) is 4.79 Å². The predicted octanol–water partition coefficient (Wildman–Crippen LogP) is 2.60. The molecule has 0 radical (unpaired) electrons. The van der Waals surface area contributed by atoms with E-state index in [0.717, 1.165) is 24.0 Å². The standard InChI is InChI=1S/C17H27NO3/c1-5-17(6-2,12-19)11-18-16(20)10-21-15-8-13(3)7-14(4)9-15/h7-9,19H,5-6,10-12H2,1-4H3,(H,18,20). The fraction of sp³-hybridized carbons (Fsp3) is 0.588. The minimum absolute atomic E-state index is 0.00215. The van der Waals surface area contributed by atoms with E-state index in [0.29, 0.717) is 12.3 Å². The highest BCUT2D eigenvalue weighted by Gasteiger charge is 2.25. The second-order valence-corrected chi connectivity index (χ2v) is 5.75. The highest BCUT2D eigenvalue weighted by molar-refractivity contribution is 5.77. The van der Waals surface area contributed by atoms with Crippen LogP contribution in [0.3, 0.4) is 0 Å². The highest BCUT2D eigenvalue weighted by atomic mass is 16.5. The minimum atomic E-state index is -0.227. The average molecular weight is 293 g/mol. The van der Waals surface area contributed by atoms with Gasteiger partial charge in [0.05, 0.1) is 6.61 Å². The van der Waals surface area contributed by atoms with Gasteiger partial charge in [0.25, 0.3) is 5.91 Å². The maximum Gasteiger partial charge on any atom is 0.257 e. The van der Waals surface area contributed by atoms with Gasteiger partial charge in [-0.2, -0.15) is 0 Å². The molecule has 0 saturated heterocycles. The van der Waals surface area contributed by atoms with Crippen molar-refractivity contribution in [2.24, 2.45) is 5.41 Å². The lowest BCUT2D eigenvalue weighted by Gasteiger charge is -2.29. The van der Waals surface area contributed by atoms with Crippen LogP contribution in [0.25, 0.3) is 0 Å². The third-order valence-electron chi connectivity index (χ3n) is 4.06. The van der Waals surface area contributed by atoms with Crippen LogP contribution in [-0.4, -0.2) is 30.8 Å². The first kappa shape index (κ1) is 17.5. The zero-order valence-electron chi connectivity index (χ0n) is 13.5. The number of rotatable bonds is 8. The summed E-state index contributed by atoms with van der Waals surface area (Å²) in [6.07, 6.45) is 1.66. The number of aliphatic hydroxyl groups excluding tert-OH is 1. The third kappa shape index (κ3) is 5.38. The number of aryl methyl sites for hydroxylation is 2. The van der Waals surface area contributed by atoms with Crippen molar-refractivity contribution in [1.82, 2.24) is 5.32 Å². The number of aliphatic hydroxyl groups is 1. The SMILES string of the molecule is CCC(CC)(CO)CNC(=O)COc1cc(C)cc(C)c1. The molecular weight excluding hydrogens is 266 g/mol. The number of benzene rings is 1. The normalized spacial score (nSPS) is 11.3. The molecule has 4 nitrogen and oxygen atoms in total. The molecule has 21 heavy (non-hydrogen) atoms. The van der Waals surface area contributed by atoms with Gasteiger partial charge in [0.2, 0.25) is 0 Å². The largest absolute Gasteiger partial charge is 0.484 e. The number of ether oxygens (including phenoxy) is 1. The fourth-order valence-electron chi connectivity index (χ4n) is 2.28. The first-order valence-corrected chi connectivity index (χ1v) is 7.53. The van der Waals surface area contributed by atoms with Crippen LogP contribution < -0.4 is 10.1 Å². The Kier molecular flexibility index (Phi) is 6.69. The van der Waals surface area contributed by atoms with Crippen molar-refractivity contribution in [1.29, 1.82) is 0 Å². The molecule has 118 valence electrons. The van der Waals surface area contributed by atoms with Gasteiger partial charge < -0.3 is 15.2 Å². The van der Waals surface area contributed by atoms with E-state index in [1.54, 1.807) is 0 Å². The van der Waals surface area contributed by atoms with Crippen LogP contribution in [0.5, 0.6) is 5.75 Å². The van der Waals surface area contributed by atoms with Crippen molar-refractivity contribution in [2.45, 2.75) is 40.5 Å². The summed E-state index contributed by atoms with van der Waals surface area (Å²) in [5.41, 5.74) is 2.00. The molecule has 0 aliphatic rings. The lowest BCUT2D eigenvalue weighted by molar-refractivity contribution is -0.123. The first-order chi connectivity index (χ1) is 9.94. The minimum Gasteiger partial charge on any atom is -0.484 e. The van der Waals surface area contributed by atoms with Crippen molar-refractivity contribution in [3.05, 3.63) is 29.3 Å². The molecule has 0 aliphatic heterocycles. The van der Waals surface area contributed by atoms with E-state index in [2.05, 4.69) is 11.4 Å². The van der Waals surface area contributed by atoms with E-state index < -0.39 is 0 Å². The molecule has 0 aromatic heterocycles. The number of hydrogen-bond acceptors (Lipinski definition) is 3. The first-order valence-electron chi connectivity index (χ1n) is 7.53. The topological polar surface area (TPSA) is 58.6 Å². The smallest absolute Gasteiger partial charge is 0.257 e. The Morgan fingerprint density at radius 1 is 1.19 bits per heavy atom. The molecule has 1 amide bonds. The molecule has 0 heterocycles. The molecule has 0 spiro atoms. The second-order valence-electron chi connectivity index (χ2n) is 5.75. The quantitative estimate of drug-likeness (QED) is 0.774. The van der Waals surface area contributed by atoms with Crippen molar-refractivity contribution < 1.29 is 14.6 Å². The van der Waals surface area contributed by atoms with Gasteiger partial charge in [-0.1, -0.05) is 19.9 Å². The van der Waals surface area contributed by atoms with Crippen molar-refractivity contribution in [2.75, 3.05) is 19.8 Å². The summed E-state index contributed by atoms with van der Waals surface area (Å²) in [4.78, 5) is 11.9. The summed E-state index contributed by atoms with van der Waals surface area (Å²) in [5.74, 6) is 0.552. The van der Waals surface area contributed by atoms with Crippen LogP contribution in [0.4, 0.5) is 0 Å². The Hall–Kier alpha value is -1.55. The van der Waals surface area contributed by atoms with Crippen molar-refractivity contribution >= 4 is 5.91 Å². The van der Waals surface area contributed by atoms with E-state index in [4.69, 9.17) is 4.74 Å². The van der Waals surface area contributed by atoms with E-state index in [1.807, 2.05) is 39.8 Å². The van der Waals surface area contributed by atoms with Gasteiger partial charge in [-0.15, -0.1) is 0 Å². The van der Waals surface area contributed by atoms with Gasteiger partial charge in [0.15, 0.2) is 6.61 Å². The van der Waals surface area contributed by atoms with Gasteiger partial charge in [-0.05, 0) is 49.9 Å². The van der Waals surface area contributed by atoms with Gasteiger partial charge in [0.1, 0.15) is 5.75 Å². The van der Waals surface area contributed by atoms with Crippen LogP contribution >= 0.6 is 0 Å². The molecule has 4 heteroatoms. The Balaban J connectivity index is 2.47. The van der Waals surface area contributed by atoms with Crippen molar-refractivity contribution in [3.63, 3.8) is 0 Å². The van der Waals surface area contributed by atoms with Crippen LogP contribution in [0, 0.1) is 19.3 Å². The Morgan fingerprint density at radius 2 is 1.76 bits per heavy atom. The highest BCUT2D eigenvalue weighted by Crippen LogP contribution is 2.24. The zero-order chi connectivity index (χ0) is 15.9. The molecule has 1 rings (SSSR count). The lowest BCUT2D eigenvalue weighted by atomic mass is 9.83. The van der Waals surface area contributed by atoms with Crippen LogP contribution in [-0.2, 0) is 4.79 Å². The molecular formula is C17H27NO3. The Morgan fingerprint density at radius 3 is 2.24 bits per heavy atom. The third-order valence-corrected chi connectivity index (χ3v) is 4.06. The Bertz CT molecular complexity index is 439. The zero-order valence-corrected chi connectivity index (χ0v) is 13.5. The summed E-state index contributed by atoms with van der Waals surface area (Å²) >= 11 is 0. The number of hydrogen-bond donors (Lipinski definition) is 2. The summed E-state index contributed by atoms with van der Waals surface area (Å²) in [6.45, 7) is 8.60. The predicted molar refractivity (Wildman–Crippen MR) is 84.5 cm³/mol. The van der Waals surface area contributed by atoms with Crippen molar-refractivity contribution in [3.8, 4) is 5.75 Å². The maximum atomic E-state index is 11.9. The number of carbonyl (C=O) groups is 1. The van der Waals surface area contributed by atoms with E-state index in [-0.39, 0.29) is 24.5 Å². The summed E-state index contributed by atoms with van der Waals surface area (Å²) in [5, 5.41) is 12.3. The molecule has 0 fully saturated rings. The number of nitrogens with one attached hydrogen (secondary N) is 1.